The third kappa shape index (κ3) is 4.08. The highest BCUT2D eigenvalue weighted by molar-refractivity contribution is 8.01. The molecule has 1 N–H and O–H groups in total. The Morgan fingerprint density at radius 3 is 2.37 bits per heavy atom. The molecule has 4 nitrogen and oxygen atoms in total. The maximum Gasteiger partial charge on any atom is 0.250 e. The number of benzene rings is 2. The average molecular weight is 417 g/mol. The van der Waals surface area contributed by atoms with Gasteiger partial charge in [-0.2, -0.15) is 5.10 Å². The molecule has 2 aromatic carbocycles. The molecule has 0 radical (unpaired) electrons. The Morgan fingerprint density at radius 2 is 1.70 bits per heavy atom. The second-order valence-electron chi connectivity index (χ2n) is 5.01. The number of nitrogens with zero attached hydrogens (tertiary/aromatic N) is 2. The van der Waals surface area contributed by atoms with Gasteiger partial charge in [0.2, 0.25) is 5.82 Å². The number of thiazole rings is 1. The molecule has 0 saturated heterocycles. The SMILES string of the molecule is O=C(CSc1nc2ccccc2s1)N/N=C/c1c(F)c(F)c(F)c(F)c1F. The molecule has 0 atom stereocenters. The van der Waals surface area contributed by atoms with Gasteiger partial charge in [-0.05, 0) is 12.1 Å². The van der Waals surface area contributed by atoms with Crippen molar-refractivity contribution >= 4 is 45.4 Å². The van der Waals surface area contributed by atoms with E-state index in [2.05, 4.69) is 10.1 Å². The number of nitrogens with one attached hydrogen (secondary N) is 1. The lowest BCUT2D eigenvalue weighted by molar-refractivity contribution is -0.118. The van der Waals surface area contributed by atoms with Crippen LogP contribution in [-0.4, -0.2) is 22.9 Å². The van der Waals surface area contributed by atoms with Gasteiger partial charge in [0, 0.05) is 0 Å². The normalized spacial score (nSPS) is 11.4. The molecule has 3 aromatic rings. The standard InChI is InChI=1S/C16H8F5N3OS2/c17-11-7(12(18)14(20)15(21)13(11)19)5-22-24-10(25)6-26-16-23-8-3-1-2-4-9(8)27-16/h1-5H,6H2,(H,24,25)/b22-5+. The third-order valence-corrected chi connectivity index (χ3v) is 5.41. The largest absolute Gasteiger partial charge is 0.272 e. The number of aromatic nitrogens is 1. The Bertz CT molecular complexity index is 992. The summed E-state index contributed by atoms with van der Waals surface area (Å²) in [6.45, 7) is 0. The van der Waals surface area contributed by atoms with Gasteiger partial charge in [0.1, 0.15) is 0 Å². The number of halogens is 5. The van der Waals surface area contributed by atoms with Gasteiger partial charge < -0.3 is 0 Å². The van der Waals surface area contributed by atoms with Crippen molar-refractivity contribution < 1.29 is 26.7 Å². The number of rotatable bonds is 5. The van der Waals surface area contributed by atoms with Crippen molar-refractivity contribution in [3.8, 4) is 0 Å². The van der Waals surface area contributed by atoms with Crippen LogP contribution in [0.25, 0.3) is 10.2 Å². The summed E-state index contributed by atoms with van der Waals surface area (Å²) in [7, 11) is 0. The predicted octanol–water partition coefficient (Wildman–Crippen LogP) is 4.23. The van der Waals surface area contributed by atoms with Crippen molar-refractivity contribution in [1.29, 1.82) is 0 Å². The van der Waals surface area contributed by atoms with E-state index in [1.807, 2.05) is 29.7 Å². The summed E-state index contributed by atoms with van der Waals surface area (Å²) >= 11 is 2.50. The molecule has 0 spiro atoms. The molecule has 0 saturated carbocycles. The minimum atomic E-state index is -2.27. The number of para-hydroxylation sites is 1. The highest BCUT2D eigenvalue weighted by Gasteiger charge is 2.24. The second kappa shape index (κ2) is 8.01. The minimum absolute atomic E-state index is 0.103. The number of hydrogen-bond donors (Lipinski definition) is 1. The van der Waals surface area contributed by atoms with Crippen LogP contribution in [0, 0.1) is 29.1 Å². The molecular weight excluding hydrogens is 409 g/mol. The summed E-state index contributed by atoms with van der Waals surface area (Å²) in [5.74, 6) is -11.3. The van der Waals surface area contributed by atoms with E-state index < -0.39 is 40.6 Å². The Morgan fingerprint density at radius 1 is 1.07 bits per heavy atom. The van der Waals surface area contributed by atoms with Gasteiger partial charge in [-0.1, -0.05) is 23.9 Å². The maximum absolute atomic E-state index is 13.5. The van der Waals surface area contributed by atoms with Gasteiger partial charge in [0.05, 0.1) is 27.7 Å². The number of fused-ring (bicyclic) bond motifs is 1. The van der Waals surface area contributed by atoms with E-state index in [9.17, 15) is 26.7 Å². The Kier molecular flexibility index (Phi) is 5.71. The third-order valence-electron chi connectivity index (χ3n) is 3.23. The molecule has 0 aliphatic heterocycles. The molecule has 140 valence electrons. The van der Waals surface area contributed by atoms with E-state index in [1.165, 1.54) is 11.3 Å². The zero-order chi connectivity index (χ0) is 19.6. The van der Waals surface area contributed by atoms with Crippen molar-refractivity contribution in [3.63, 3.8) is 0 Å². The molecule has 0 fully saturated rings. The lowest BCUT2D eigenvalue weighted by Gasteiger charge is -2.04. The fraction of sp³-hybridized carbons (Fsp3) is 0.0625. The Balaban J connectivity index is 1.62. The molecule has 1 aromatic heterocycles. The lowest BCUT2D eigenvalue weighted by atomic mass is 10.2. The van der Waals surface area contributed by atoms with Gasteiger partial charge in [-0.3, -0.25) is 4.79 Å². The smallest absolute Gasteiger partial charge is 0.250 e. The summed E-state index contributed by atoms with van der Waals surface area (Å²) in [5.41, 5.74) is 1.50. The van der Waals surface area contributed by atoms with Crippen LogP contribution in [0.15, 0.2) is 33.7 Å². The van der Waals surface area contributed by atoms with E-state index in [0.29, 0.717) is 10.6 Å². The topological polar surface area (TPSA) is 54.4 Å². The maximum atomic E-state index is 13.5. The van der Waals surface area contributed by atoms with Crippen molar-refractivity contribution in [3.05, 3.63) is 58.9 Å². The van der Waals surface area contributed by atoms with Crippen molar-refractivity contribution in [2.75, 3.05) is 5.75 Å². The van der Waals surface area contributed by atoms with Crippen LogP contribution in [0.4, 0.5) is 22.0 Å². The molecule has 0 unspecified atom stereocenters. The monoisotopic (exact) mass is 417 g/mol. The summed E-state index contributed by atoms with van der Waals surface area (Å²) in [4.78, 5) is 16.0. The summed E-state index contributed by atoms with van der Waals surface area (Å²) in [5, 5.41) is 3.24. The van der Waals surface area contributed by atoms with Crippen molar-refractivity contribution in [2.24, 2.45) is 5.10 Å². The quantitative estimate of drug-likeness (QED) is 0.169. The van der Waals surface area contributed by atoms with Crippen LogP contribution in [0.5, 0.6) is 0 Å². The Hall–Kier alpha value is -2.53. The van der Waals surface area contributed by atoms with E-state index in [0.717, 1.165) is 22.0 Å². The molecule has 0 aliphatic rings. The highest BCUT2D eigenvalue weighted by atomic mass is 32.2. The van der Waals surface area contributed by atoms with Crippen LogP contribution in [0.2, 0.25) is 0 Å². The van der Waals surface area contributed by atoms with E-state index in [4.69, 9.17) is 0 Å². The highest BCUT2D eigenvalue weighted by Crippen LogP contribution is 2.29. The van der Waals surface area contributed by atoms with Gasteiger partial charge in [0.25, 0.3) is 5.91 Å². The second-order valence-corrected chi connectivity index (χ2v) is 7.27. The lowest BCUT2D eigenvalue weighted by Crippen LogP contribution is -2.20. The summed E-state index contributed by atoms with van der Waals surface area (Å²) in [6, 6.07) is 7.39. The first-order valence-electron chi connectivity index (χ1n) is 7.20. The fourth-order valence-corrected chi connectivity index (χ4v) is 3.84. The van der Waals surface area contributed by atoms with Crippen LogP contribution < -0.4 is 5.43 Å². The molecule has 11 heteroatoms. The van der Waals surface area contributed by atoms with E-state index in [-0.39, 0.29) is 5.75 Å². The van der Waals surface area contributed by atoms with E-state index in [1.54, 1.807) is 0 Å². The van der Waals surface area contributed by atoms with Crippen LogP contribution >= 0.6 is 23.1 Å². The first kappa shape index (κ1) is 19.2. The molecular formula is C16H8F5N3OS2. The minimum Gasteiger partial charge on any atom is -0.272 e. The molecule has 0 aliphatic carbocycles. The molecule has 0 bridgehead atoms. The number of carbonyl (C=O) groups excluding carboxylic acids is 1. The van der Waals surface area contributed by atoms with Crippen molar-refractivity contribution in [2.45, 2.75) is 4.34 Å². The van der Waals surface area contributed by atoms with Gasteiger partial charge in [0.15, 0.2) is 27.6 Å². The van der Waals surface area contributed by atoms with Gasteiger partial charge >= 0.3 is 0 Å². The fourth-order valence-electron chi connectivity index (χ4n) is 1.98. The molecule has 1 heterocycles. The van der Waals surface area contributed by atoms with Gasteiger partial charge in [-0.25, -0.2) is 32.4 Å². The van der Waals surface area contributed by atoms with Gasteiger partial charge in [-0.15, -0.1) is 11.3 Å². The molecule has 1 amide bonds. The molecule has 27 heavy (non-hydrogen) atoms. The molecule has 3 rings (SSSR count). The number of hydrogen-bond acceptors (Lipinski definition) is 5. The van der Waals surface area contributed by atoms with Crippen LogP contribution in [0.1, 0.15) is 5.56 Å². The van der Waals surface area contributed by atoms with Crippen LogP contribution in [-0.2, 0) is 4.79 Å². The van der Waals surface area contributed by atoms with E-state index >= 15 is 0 Å². The zero-order valence-electron chi connectivity index (χ0n) is 13.1. The first-order valence-corrected chi connectivity index (χ1v) is 9.00. The number of carbonyl (C=O) groups is 1. The average Bonchev–Trinajstić information content (AvgIpc) is 3.09. The van der Waals surface area contributed by atoms with Crippen molar-refractivity contribution in [1.82, 2.24) is 10.4 Å². The number of thioether (sulfide) groups is 1. The first-order chi connectivity index (χ1) is 12.9. The number of hydrazone groups is 1. The number of amides is 1. The summed E-state index contributed by atoms with van der Waals surface area (Å²) < 4.78 is 67.6. The Labute approximate surface area is 157 Å². The zero-order valence-corrected chi connectivity index (χ0v) is 14.7. The predicted molar refractivity (Wildman–Crippen MR) is 92.3 cm³/mol. The van der Waals surface area contributed by atoms with Crippen LogP contribution in [0.3, 0.4) is 0 Å². The summed E-state index contributed by atoms with van der Waals surface area (Å²) in [6.07, 6.45) is 0.358.